The van der Waals surface area contributed by atoms with E-state index in [4.69, 9.17) is 21.1 Å². The highest BCUT2D eigenvalue weighted by molar-refractivity contribution is 7.89. The second kappa shape index (κ2) is 8.84. The lowest BCUT2D eigenvalue weighted by Gasteiger charge is -2.08. The summed E-state index contributed by atoms with van der Waals surface area (Å²) in [6.45, 7) is 0.0645. The number of halogens is 1. The van der Waals surface area contributed by atoms with E-state index in [2.05, 4.69) is 4.72 Å². The Balaban J connectivity index is 1.78. The SMILES string of the molecule is COc1ccc(S(=O)(=O)NCCC(=O)OCc2ccc(Cl)cc2)cc1. The molecule has 0 saturated carbocycles. The van der Waals surface area contributed by atoms with Gasteiger partial charge in [0.25, 0.3) is 0 Å². The van der Waals surface area contributed by atoms with Crippen molar-refractivity contribution in [2.24, 2.45) is 0 Å². The van der Waals surface area contributed by atoms with Gasteiger partial charge in [-0.05, 0) is 42.0 Å². The number of sulfonamides is 1. The van der Waals surface area contributed by atoms with Crippen LogP contribution in [0.2, 0.25) is 5.02 Å². The molecule has 1 N–H and O–H groups in total. The van der Waals surface area contributed by atoms with Crippen molar-refractivity contribution >= 4 is 27.6 Å². The fourth-order valence-electron chi connectivity index (χ4n) is 1.94. The van der Waals surface area contributed by atoms with Crippen LogP contribution in [0.5, 0.6) is 5.75 Å². The van der Waals surface area contributed by atoms with Gasteiger partial charge in [-0.2, -0.15) is 0 Å². The number of benzene rings is 2. The number of hydrogen-bond donors (Lipinski definition) is 1. The van der Waals surface area contributed by atoms with E-state index in [0.29, 0.717) is 10.8 Å². The van der Waals surface area contributed by atoms with Crippen LogP contribution in [0.4, 0.5) is 0 Å². The highest BCUT2D eigenvalue weighted by Crippen LogP contribution is 2.15. The van der Waals surface area contributed by atoms with Gasteiger partial charge in [0.15, 0.2) is 0 Å². The molecule has 0 aliphatic heterocycles. The van der Waals surface area contributed by atoms with Gasteiger partial charge in [0.1, 0.15) is 12.4 Å². The molecule has 2 rings (SSSR count). The first-order chi connectivity index (χ1) is 11.9. The molecule has 134 valence electrons. The molecule has 0 spiro atoms. The van der Waals surface area contributed by atoms with Crippen LogP contribution in [0, 0.1) is 0 Å². The second-order valence-electron chi connectivity index (χ2n) is 5.11. The number of hydrogen-bond acceptors (Lipinski definition) is 5. The Morgan fingerprint density at radius 3 is 2.32 bits per heavy atom. The average Bonchev–Trinajstić information content (AvgIpc) is 2.61. The Bertz CT molecular complexity index is 804. The molecule has 0 aliphatic carbocycles. The molecule has 0 aliphatic rings. The summed E-state index contributed by atoms with van der Waals surface area (Å²) in [5, 5.41) is 0.600. The first kappa shape index (κ1) is 19.2. The maximum Gasteiger partial charge on any atom is 0.307 e. The lowest BCUT2D eigenvalue weighted by molar-refractivity contribution is -0.144. The van der Waals surface area contributed by atoms with Gasteiger partial charge in [0.05, 0.1) is 18.4 Å². The highest BCUT2D eigenvalue weighted by atomic mass is 35.5. The predicted octanol–water partition coefficient (Wildman–Crippen LogP) is 2.76. The molecule has 0 unspecified atom stereocenters. The van der Waals surface area contributed by atoms with Crippen LogP contribution in [0.1, 0.15) is 12.0 Å². The number of ether oxygens (including phenoxy) is 2. The van der Waals surface area contributed by atoms with Gasteiger partial charge >= 0.3 is 5.97 Å². The van der Waals surface area contributed by atoms with Gasteiger partial charge in [-0.1, -0.05) is 23.7 Å². The maximum absolute atomic E-state index is 12.1. The molecule has 2 aromatic rings. The van der Waals surface area contributed by atoms with Crippen molar-refractivity contribution in [2.75, 3.05) is 13.7 Å². The molecule has 0 fully saturated rings. The van der Waals surface area contributed by atoms with Crippen LogP contribution in [-0.4, -0.2) is 28.0 Å². The maximum atomic E-state index is 12.1. The van der Waals surface area contributed by atoms with Gasteiger partial charge in [0.2, 0.25) is 10.0 Å². The van der Waals surface area contributed by atoms with E-state index in [-0.39, 0.29) is 24.5 Å². The number of methoxy groups -OCH3 is 1. The van der Waals surface area contributed by atoms with Crippen LogP contribution < -0.4 is 9.46 Å². The van der Waals surface area contributed by atoms with Gasteiger partial charge in [-0.15, -0.1) is 0 Å². The smallest absolute Gasteiger partial charge is 0.307 e. The van der Waals surface area contributed by atoms with E-state index in [1.165, 1.54) is 19.2 Å². The first-order valence-corrected chi connectivity index (χ1v) is 9.30. The first-order valence-electron chi connectivity index (χ1n) is 7.44. The molecule has 0 aromatic heterocycles. The minimum atomic E-state index is -3.68. The van der Waals surface area contributed by atoms with Crippen LogP contribution in [0.3, 0.4) is 0 Å². The lowest BCUT2D eigenvalue weighted by Crippen LogP contribution is -2.26. The standard InChI is InChI=1S/C17H18ClNO5S/c1-23-15-6-8-16(9-7-15)25(21,22)19-11-10-17(20)24-12-13-2-4-14(18)5-3-13/h2-9,19H,10-12H2,1H3. The van der Waals surface area contributed by atoms with E-state index in [1.807, 2.05) is 0 Å². The van der Waals surface area contributed by atoms with Crippen molar-refractivity contribution in [1.82, 2.24) is 4.72 Å². The van der Waals surface area contributed by atoms with E-state index in [0.717, 1.165) is 5.56 Å². The number of nitrogens with one attached hydrogen (secondary N) is 1. The minimum Gasteiger partial charge on any atom is -0.497 e. The third-order valence-electron chi connectivity index (χ3n) is 3.30. The third kappa shape index (κ3) is 6.04. The summed E-state index contributed by atoms with van der Waals surface area (Å²) in [7, 11) is -2.18. The molecule has 0 bridgehead atoms. The van der Waals surface area contributed by atoms with Crippen molar-refractivity contribution in [3.63, 3.8) is 0 Å². The third-order valence-corrected chi connectivity index (χ3v) is 5.03. The predicted molar refractivity (Wildman–Crippen MR) is 94.0 cm³/mol. The van der Waals surface area contributed by atoms with Crippen molar-refractivity contribution < 1.29 is 22.7 Å². The Morgan fingerprint density at radius 2 is 1.72 bits per heavy atom. The van der Waals surface area contributed by atoms with Crippen LogP contribution in [0.15, 0.2) is 53.4 Å². The summed E-state index contributed by atoms with van der Waals surface area (Å²) >= 11 is 5.77. The summed E-state index contributed by atoms with van der Waals surface area (Å²) < 4.78 is 36.6. The van der Waals surface area contributed by atoms with Crippen LogP contribution in [-0.2, 0) is 26.2 Å². The summed E-state index contributed by atoms with van der Waals surface area (Å²) in [5.74, 6) is 0.0668. The molecular formula is C17H18ClNO5S. The van der Waals surface area contributed by atoms with Gasteiger partial charge in [0, 0.05) is 11.6 Å². The molecule has 0 atom stereocenters. The largest absolute Gasteiger partial charge is 0.497 e. The molecule has 8 heteroatoms. The van der Waals surface area contributed by atoms with Crippen molar-refractivity contribution in [3.8, 4) is 5.75 Å². The molecule has 0 saturated heterocycles. The normalized spacial score (nSPS) is 11.1. The van der Waals surface area contributed by atoms with Crippen molar-refractivity contribution in [3.05, 3.63) is 59.1 Å². The zero-order valence-corrected chi connectivity index (χ0v) is 15.1. The van der Waals surface area contributed by atoms with Crippen LogP contribution in [0.25, 0.3) is 0 Å². The molecule has 0 amide bonds. The number of esters is 1. The Labute approximate surface area is 151 Å². The molecule has 0 radical (unpaired) electrons. The fourth-order valence-corrected chi connectivity index (χ4v) is 3.10. The minimum absolute atomic E-state index is 0.0478. The van der Waals surface area contributed by atoms with Crippen molar-refractivity contribution in [1.29, 1.82) is 0 Å². The molecule has 0 heterocycles. The number of carbonyl (C=O) groups is 1. The molecular weight excluding hydrogens is 366 g/mol. The average molecular weight is 384 g/mol. The number of rotatable bonds is 8. The summed E-state index contributed by atoms with van der Waals surface area (Å²) in [6.07, 6.45) is -0.0665. The Morgan fingerprint density at radius 1 is 1.08 bits per heavy atom. The number of carbonyl (C=O) groups excluding carboxylic acids is 1. The fraction of sp³-hybridized carbons (Fsp3) is 0.235. The van der Waals surface area contributed by atoms with E-state index in [9.17, 15) is 13.2 Å². The monoisotopic (exact) mass is 383 g/mol. The van der Waals surface area contributed by atoms with Gasteiger partial charge in [-0.25, -0.2) is 13.1 Å². The lowest BCUT2D eigenvalue weighted by atomic mass is 10.2. The Hall–Kier alpha value is -2.09. The zero-order valence-electron chi connectivity index (χ0n) is 13.6. The zero-order chi connectivity index (χ0) is 18.3. The van der Waals surface area contributed by atoms with E-state index in [1.54, 1.807) is 36.4 Å². The highest BCUT2D eigenvalue weighted by Gasteiger charge is 2.14. The second-order valence-corrected chi connectivity index (χ2v) is 7.31. The molecule has 2 aromatic carbocycles. The van der Waals surface area contributed by atoms with Gasteiger partial charge in [-0.3, -0.25) is 4.79 Å². The van der Waals surface area contributed by atoms with Gasteiger partial charge < -0.3 is 9.47 Å². The van der Waals surface area contributed by atoms with Crippen LogP contribution >= 0.6 is 11.6 Å². The summed E-state index contributed by atoms with van der Waals surface area (Å²) in [6, 6.07) is 12.9. The quantitative estimate of drug-likeness (QED) is 0.709. The van der Waals surface area contributed by atoms with E-state index < -0.39 is 16.0 Å². The summed E-state index contributed by atoms with van der Waals surface area (Å²) in [4.78, 5) is 11.8. The summed E-state index contributed by atoms with van der Waals surface area (Å²) in [5.41, 5.74) is 0.802. The topological polar surface area (TPSA) is 81.7 Å². The van der Waals surface area contributed by atoms with E-state index >= 15 is 0 Å². The molecule has 25 heavy (non-hydrogen) atoms. The van der Waals surface area contributed by atoms with Crippen molar-refractivity contribution in [2.45, 2.75) is 17.9 Å². The molecule has 6 nitrogen and oxygen atoms in total. The Kier molecular flexibility index (Phi) is 6.81.